The zero-order chi connectivity index (χ0) is 22.8. The third-order valence-corrected chi connectivity index (χ3v) is 5.85. The summed E-state index contributed by atoms with van der Waals surface area (Å²) in [5.74, 6) is -0.149. The van der Waals surface area contributed by atoms with E-state index in [1.165, 1.54) is 24.3 Å². The van der Waals surface area contributed by atoms with Crippen molar-refractivity contribution in [3.05, 3.63) is 64.4 Å². The van der Waals surface area contributed by atoms with E-state index in [0.29, 0.717) is 5.52 Å². The van der Waals surface area contributed by atoms with Crippen LogP contribution in [0.25, 0.3) is 16.6 Å². The highest BCUT2D eigenvalue weighted by Gasteiger charge is 2.34. The average Bonchev–Trinajstić information content (AvgIpc) is 2.71. The summed E-state index contributed by atoms with van der Waals surface area (Å²) in [6.45, 7) is 5.81. The molecule has 3 aromatic rings. The van der Waals surface area contributed by atoms with Gasteiger partial charge >= 0.3 is 6.18 Å². The number of nitrogens with one attached hydrogen (secondary N) is 1. The quantitative estimate of drug-likeness (QED) is 0.439. The van der Waals surface area contributed by atoms with Crippen molar-refractivity contribution >= 4 is 28.6 Å². The lowest BCUT2D eigenvalue weighted by Crippen LogP contribution is -2.37. The zero-order valence-electron chi connectivity index (χ0n) is 17.2. The van der Waals surface area contributed by atoms with Gasteiger partial charge in [0.15, 0.2) is 5.16 Å². The van der Waals surface area contributed by atoms with Crippen molar-refractivity contribution < 1.29 is 18.0 Å². The number of alkyl halides is 3. The number of fused-ring (bicyclic) bond motifs is 1. The molecule has 9 heteroatoms. The van der Waals surface area contributed by atoms with Crippen molar-refractivity contribution in [2.45, 2.75) is 38.1 Å². The second kappa shape index (κ2) is 9.13. The van der Waals surface area contributed by atoms with Gasteiger partial charge in [-0.15, -0.1) is 0 Å². The summed E-state index contributed by atoms with van der Waals surface area (Å²) < 4.78 is 41.9. The summed E-state index contributed by atoms with van der Waals surface area (Å²) >= 11 is 0.924. The van der Waals surface area contributed by atoms with Crippen LogP contribution in [-0.2, 0) is 11.0 Å². The van der Waals surface area contributed by atoms with Crippen LogP contribution in [-0.4, -0.2) is 27.3 Å². The van der Waals surface area contributed by atoms with E-state index in [1.54, 1.807) is 18.2 Å². The molecule has 0 saturated heterocycles. The van der Waals surface area contributed by atoms with Gasteiger partial charge in [0.05, 0.1) is 27.9 Å². The molecule has 0 aliphatic carbocycles. The third kappa shape index (κ3) is 5.10. The van der Waals surface area contributed by atoms with E-state index < -0.39 is 17.3 Å². The molecule has 1 heterocycles. The van der Waals surface area contributed by atoms with E-state index in [-0.39, 0.29) is 39.8 Å². The second-order valence-electron chi connectivity index (χ2n) is 7.46. The Kier molecular flexibility index (Phi) is 6.74. The van der Waals surface area contributed by atoms with Gasteiger partial charge in [0, 0.05) is 6.04 Å². The van der Waals surface area contributed by atoms with Crippen LogP contribution in [0.2, 0.25) is 0 Å². The maximum atomic E-state index is 13.6. The summed E-state index contributed by atoms with van der Waals surface area (Å²) in [4.78, 5) is 29.9. The minimum absolute atomic E-state index is 0.0211. The van der Waals surface area contributed by atoms with Crippen molar-refractivity contribution in [1.29, 1.82) is 0 Å². The lowest BCUT2D eigenvalue weighted by molar-refractivity contribution is -0.137. The van der Waals surface area contributed by atoms with E-state index in [9.17, 15) is 22.8 Å². The normalized spacial score (nSPS) is 12.9. The Hall–Kier alpha value is -2.81. The first-order valence-electron chi connectivity index (χ1n) is 9.70. The first kappa shape index (κ1) is 22.9. The van der Waals surface area contributed by atoms with Gasteiger partial charge in [-0.1, -0.05) is 49.9 Å². The Morgan fingerprint density at radius 3 is 2.42 bits per heavy atom. The van der Waals surface area contributed by atoms with E-state index in [2.05, 4.69) is 10.3 Å². The minimum atomic E-state index is -4.66. The van der Waals surface area contributed by atoms with Crippen LogP contribution in [0, 0.1) is 5.92 Å². The number of carbonyl (C=O) groups excluding carboxylic acids is 1. The highest BCUT2D eigenvalue weighted by Crippen LogP contribution is 2.34. The molecule has 1 atom stereocenters. The number of thioether (sulfide) groups is 1. The van der Waals surface area contributed by atoms with Gasteiger partial charge in [0.1, 0.15) is 0 Å². The first-order chi connectivity index (χ1) is 14.6. The number of halogens is 3. The van der Waals surface area contributed by atoms with Gasteiger partial charge in [-0.05, 0) is 37.1 Å². The topological polar surface area (TPSA) is 64.0 Å². The average molecular weight is 449 g/mol. The molecule has 0 saturated carbocycles. The van der Waals surface area contributed by atoms with Crippen LogP contribution in [0.1, 0.15) is 26.3 Å². The van der Waals surface area contributed by atoms with E-state index >= 15 is 0 Å². The van der Waals surface area contributed by atoms with Crippen molar-refractivity contribution in [3.63, 3.8) is 0 Å². The van der Waals surface area contributed by atoms with Crippen molar-refractivity contribution in [3.8, 4) is 5.69 Å². The summed E-state index contributed by atoms with van der Waals surface area (Å²) in [6, 6.07) is 11.2. The number of carbonyl (C=O) groups is 1. The van der Waals surface area contributed by atoms with Gasteiger partial charge in [-0.25, -0.2) is 4.98 Å². The SMILES string of the molecule is CC(C)[C@@H](C)NC(=O)CSc1nc2ccccc2c(=O)n1-c1ccccc1C(F)(F)F. The largest absolute Gasteiger partial charge is 0.418 e. The predicted molar refractivity (Wildman–Crippen MR) is 116 cm³/mol. The van der Waals surface area contributed by atoms with Crippen LogP contribution in [0.15, 0.2) is 58.5 Å². The molecule has 31 heavy (non-hydrogen) atoms. The Morgan fingerprint density at radius 1 is 1.10 bits per heavy atom. The fourth-order valence-corrected chi connectivity index (χ4v) is 3.74. The molecule has 0 radical (unpaired) electrons. The maximum Gasteiger partial charge on any atom is 0.418 e. The van der Waals surface area contributed by atoms with E-state index in [4.69, 9.17) is 0 Å². The molecule has 1 N–H and O–H groups in total. The van der Waals surface area contributed by atoms with Crippen LogP contribution in [0.4, 0.5) is 13.2 Å². The molecule has 0 aliphatic rings. The molecule has 3 rings (SSSR count). The van der Waals surface area contributed by atoms with Crippen LogP contribution >= 0.6 is 11.8 Å². The molecule has 0 fully saturated rings. The lowest BCUT2D eigenvalue weighted by atomic mass is 10.1. The van der Waals surface area contributed by atoms with Gasteiger partial charge in [0.25, 0.3) is 5.56 Å². The number of aromatic nitrogens is 2. The summed E-state index contributed by atoms with van der Waals surface area (Å²) in [7, 11) is 0. The number of hydrogen-bond donors (Lipinski definition) is 1. The van der Waals surface area contributed by atoms with Crippen molar-refractivity contribution in [1.82, 2.24) is 14.9 Å². The highest BCUT2D eigenvalue weighted by molar-refractivity contribution is 7.99. The second-order valence-corrected chi connectivity index (χ2v) is 8.40. The zero-order valence-corrected chi connectivity index (χ0v) is 18.1. The van der Waals surface area contributed by atoms with Crippen LogP contribution in [0.5, 0.6) is 0 Å². The Bertz CT molecular complexity index is 1160. The first-order valence-corrected chi connectivity index (χ1v) is 10.7. The molecular weight excluding hydrogens is 427 g/mol. The molecule has 0 aliphatic heterocycles. The fraction of sp³-hybridized carbons (Fsp3) is 0.318. The van der Waals surface area contributed by atoms with Crippen molar-refractivity contribution in [2.24, 2.45) is 5.92 Å². The number of benzene rings is 2. The lowest BCUT2D eigenvalue weighted by Gasteiger charge is -2.19. The molecular formula is C22H22F3N3O2S. The van der Waals surface area contributed by atoms with Gasteiger partial charge in [-0.3, -0.25) is 14.2 Å². The van der Waals surface area contributed by atoms with Gasteiger partial charge < -0.3 is 5.32 Å². The van der Waals surface area contributed by atoms with Crippen LogP contribution < -0.4 is 10.9 Å². The molecule has 1 aromatic heterocycles. The van der Waals surface area contributed by atoms with Crippen LogP contribution in [0.3, 0.4) is 0 Å². The number of amides is 1. The Labute approximate surface area is 181 Å². The number of para-hydroxylation sites is 2. The molecule has 0 unspecified atom stereocenters. The fourth-order valence-electron chi connectivity index (χ4n) is 2.92. The highest BCUT2D eigenvalue weighted by atomic mass is 32.2. The summed E-state index contributed by atoms with van der Waals surface area (Å²) in [5, 5.41) is 3.06. The third-order valence-electron chi connectivity index (χ3n) is 4.92. The molecule has 5 nitrogen and oxygen atoms in total. The molecule has 1 amide bonds. The molecule has 164 valence electrons. The van der Waals surface area contributed by atoms with Crippen molar-refractivity contribution in [2.75, 3.05) is 5.75 Å². The summed E-state index contributed by atoms with van der Waals surface area (Å²) in [5.41, 5.74) is -1.54. The molecule has 2 aromatic carbocycles. The standard InChI is InChI=1S/C22H22F3N3O2S/c1-13(2)14(3)26-19(29)12-31-21-27-17-10-6-4-8-15(17)20(30)28(21)18-11-7-5-9-16(18)22(23,24)25/h4-11,13-14H,12H2,1-3H3,(H,26,29)/t14-/m1/s1. The number of nitrogens with zero attached hydrogens (tertiary/aromatic N) is 2. The van der Waals surface area contributed by atoms with E-state index in [0.717, 1.165) is 22.4 Å². The van der Waals surface area contributed by atoms with E-state index in [1.807, 2.05) is 20.8 Å². The maximum absolute atomic E-state index is 13.6. The molecule has 0 bridgehead atoms. The molecule has 0 spiro atoms. The monoisotopic (exact) mass is 449 g/mol. The predicted octanol–water partition coefficient (Wildman–Crippen LogP) is 4.66. The van der Waals surface area contributed by atoms with Gasteiger partial charge in [0.2, 0.25) is 5.91 Å². The Morgan fingerprint density at radius 2 is 1.74 bits per heavy atom. The number of rotatable bonds is 6. The summed E-state index contributed by atoms with van der Waals surface area (Å²) in [6.07, 6.45) is -4.66. The Balaban J connectivity index is 2.10. The smallest absolute Gasteiger partial charge is 0.353 e. The number of hydrogen-bond acceptors (Lipinski definition) is 4. The van der Waals surface area contributed by atoms with Gasteiger partial charge in [-0.2, -0.15) is 13.2 Å². The minimum Gasteiger partial charge on any atom is -0.353 e.